The van der Waals surface area contributed by atoms with E-state index in [1.165, 1.54) is 18.7 Å². The highest BCUT2D eigenvalue weighted by Crippen LogP contribution is 2.23. The first kappa shape index (κ1) is 17.0. The first-order valence-corrected chi connectivity index (χ1v) is 8.11. The minimum absolute atomic E-state index is 0.0323. The van der Waals surface area contributed by atoms with Crippen LogP contribution < -0.4 is 5.73 Å². The molecule has 0 unspecified atom stereocenters. The first-order valence-electron chi connectivity index (χ1n) is 7.13. The lowest BCUT2D eigenvalue weighted by atomic mass is 10.2. The van der Waals surface area contributed by atoms with Gasteiger partial charge >= 0.3 is 5.97 Å². The van der Waals surface area contributed by atoms with E-state index >= 15 is 0 Å². The van der Waals surface area contributed by atoms with E-state index in [0.29, 0.717) is 11.7 Å². The molecule has 0 fully saturated rings. The van der Waals surface area contributed by atoms with Gasteiger partial charge in [-0.3, -0.25) is 9.59 Å². The Morgan fingerprint density at radius 2 is 2.00 bits per heavy atom. The number of carbonyl (C=O) groups excluding carboxylic acids is 2. The van der Waals surface area contributed by atoms with Crippen molar-refractivity contribution < 1.29 is 14.3 Å². The van der Waals surface area contributed by atoms with Crippen molar-refractivity contribution in [1.82, 2.24) is 14.8 Å². The predicted octanol–water partition coefficient (Wildman–Crippen LogP) is 1.47. The van der Waals surface area contributed by atoms with E-state index in [-0.39, 0.29) is 5.75 Å². The van der Waals surface area contributed by atoms with Gasteiger partial charge in [0.1, 0.15) is 0 Å². The quantitative estimate of drug-likeness (QED) is 0.608. The molecule has 2 N–H and O–H groups in total. The second-order valence-electron chi connectivity index (χ2n) is 4.74. The van der Waals surface area contributed by atoms with Crippen LogP contribution in [-0.4, -0.2) is 38.5 Å². The number of nitrogens with two attached hydrogens (primary N) is 1. The van der Waals surface area contributed by atoms with E-state index in [4.69, 9.17) is 10.5 Å². The van der Waals surface area contributed by atoms with Gasteiger partial charge in [-0.25, -0.2) is 0 Å². The normalized spacial score (nSPS) is 11.9. The van der Waals surface area contributed by atoms with Crippen LogP contribution in [0.15, 0.2) is 35.5 Å². The molecule has 122 valence electrons. The third-order valence-electron chi connectivity index (χ3n) is 3.09. The number of hydrogen-bond acceptors (Lipinski definition) is 6. The molecule has 1 atom stereocenters. The number of carbonyl (C=O) groups is 2. The summed E-state index contributed by atoms with van der Waals surface area (Å²) < 4.78 is 6.83. The summed E-state index contributed by atoms with van der Waals surface area (Å²) in [6.07, 6.45) is -0.938. The van der Waals surface area contributed by atoms with Crippen LogP contribution in [0, 0.1) is 0 Å². The fourth-order valence-electron chi connectivity index (χ4n) is 1.89. The van der Waals surface area contributed by atoms with Crippen LogP contribution in [0.2, 0.25) is 0 Å². The summed E-state index contributed by atoms with van der Waals surface area (Å²) >= 11 is 1.21. The molecule has 0 aliphatic rings. The molecule has 0 saturated heterocycles. The van der Waals surface area contributed by atoms with Crippen molar-refractivity contribution in [3.63, 3.8) is 0 Å². The molecule has 0 aliphatic heterocycles. The van der Waals surface area contributed by atoms with E-state index < -0.39 is 18.0 Å². The van der Waals surface area contributed by atoms with Crippen molar-refractivity contribution in [3.8, 4) is 11.4 Å². The second kappa shape index (κ2) is 7.77. The molecular weight excluding hydrogens is 316 g/mol. The molecule has 0 saturated carbocycles. The zero-order valence-electron chi connectivity index (χ0n) is 12.9. The maximum absolute atomic E-state index is 11.7. The van der Waals surface area contributed by atoms with Crippen molar-refractivity contribution in [2.75, 3.05) is 5.75 Å². The molecule has 1 aromatic carbocycles. The molecule has 0 aliphatic carbocycles. The Bertz CT molecular complexity index is 687. The number of esters is 1. The average Bonchev–Trinajstić information content (AvgIpc) is 2.96. The molecule has 2 aromatic rings. The zero-order valence-corrected chi connectivity index (χ0v) is 13.7. The molecule has 0 radical (unpaired) electrons. The molecule has 1 amide bonds. The fraction of sp³-hybridized carbons (Fsp3) is 0.333. The van der Waals surface area contributed by atoms with Crippen LogP contribution in [0.25, 0.3) is 11.4 Å². The van der Waals surface area contributed by atoms with Crippen molar-refractivity contribution in [2.24, 2.45) is 5.73 Å². The van der Waals surface area contributed by atoms with Crippen molar-refractivity contribution in [3.05, 3.63) is 30.3 Å². The molecule has 1 aromatic heterocycles. The summed E-state index contributed by atoms with van der Waals surface area (Å²) in [5.74, 6) is -0.418. The van der Waals surface area contributed by atoms with Crippen LogP contribution in [0.1, 0.15) is 13.8 Å². The highest BCUT2D eigenvalue weighted by molar-refractivity contribution is 7.99. The van der Waals surface area contributed by atoms with Gasteiger partial charge in [0.2, 0.25) is 0 Å². The van der Waals surface area contributed by atoms with E-state index in [0.717, 1.165) is 11.4 Å². The summed E-state index contributed by atoms with van der Waals surface area (Å²) in [4.78, 5) is 22.6. The smallest absolute Gasteiger partial charge is 0.317 e. The number of aromatic nitrogens is 3. The summed E-state index contributed by atoms with van der Waals surface area (Å²) in [7, 11) is 0. The third kappa shape index (κ3) is 4.32. The highest BCUT2D eigenvalue weighted by atomic mass is 32.2. The van der Waals surface area contributed by atoms with Gasteiger partial charge in [0.25, 0.3) is 5.91 Å². The van der Waals surface area contributed by atoms with Gasteiger partial charge in [0.15, 0.2) is 17.1 Å². The Morgan fingerprint density at radius 3 is 2.61 bits per heavy atom. The predicted molar refractivity (Wildman–Crippen MR) is 86.6 cm³/mol. The number of hydrogen-bond donors (Lipinski definition) is 1. The maximum Gasteiger partial charge on any atom is 0.317 e. The lowest BCUT2D eigenvalue weighted by Gasteiger charge is -2.10. The van der Waals surface area contributed by atoms with Gasteiger partial charge in [0, 0.05) is 12.1 Å². The summed E-state index contributed by atoms with van der Waals surface area (Å²) in [6.45, 7) is 4.09. The van der Waals surface area contributed by atoms with Crippen LogP contribution >= 0.6 is 11.8 Å². The standard InChI is InChI=1S/C15H18N4O3S/c1-3-19-14(11-7-5-4-6-8-11)17-18-15(19)23-9-12(20)22-10(2)13(16)21/h4-8,10H,3,9H2,1-2H3,(H2,16,21)/t10-/m0/s1. The largest absolute Gasteiger partial charge is 0.452 e. The van der Waals surface area contributed by atoms with Gasteiger partial charge in [-0.2, -0.15) is 0 Å². The molecule has 23 heavy (non-hydrogen) atoms. The summed E-state index contributed by atoms with van der Waals surface area (Å²) in [6, 6.07) is 9.70. The van der Waals surface area contributed by atoms with Gasteiger partial charge in [-0.05, 0) is 13.8 Å². The Kier molecular flexibility index (Phi) is 5.75. The average molecular weight is 334 g/mol. The number of nitrogens with zero attached hydrogens (tertiary/aromatic N) is 3. The third-order valence-corrected chi connectivity index (χ3v) is 4.03. The van der Waals surface area contributed by atoms with Crippen LogP contribution in [0.4, 0.5) is 0 Å². The van der Waals surface area contributed by atoms with Gasteiger partial charge in [-0.15, -0.1) is 10.2 Å². The van der Waals surface area contributed by atoms with Gasteiger partial charge < -0.3 is 15.0 Å². The number of ether oxygens (including phenoxy) is 1. The molecule has 2 rings (SSSR count). The fourth-order valence-corrected chi connectivity index (χ4v) is 2.68. The second-order valence-corrected chi connectivity index (χ2v) is 5.68. The maximum atomic E-state index is 11.7. The molecule has 8 heteroatoms. The molecule has 0 bridgehead atoms. The Morgan fingerprint density at radius 1 is 1.30 bits per heavy atom. The zero-order chi connectivity index (χ0) is 16.8. The van der Waals surface area contributed by atoms with E-state index in [1.807, 2.05) is 41.8 Å². The van der Waals surface area contributed by atoms with Crippen molar-refractivity contribution in [1.29, 1.82) is 0 Å². The molecule has 1 heterocycles. The number of benzene rings is 1. The lowest BCUT2D eigenvalue weighted by molar-refractivity contribution is -0.151. The SMILES string of the molecule is CCn1c(SCC(=O)O[C@@H](C)C(N)=O)nnc1-c1ccccc1. The Labute approximate surface area is 138 Å². The Hall–Kier alpha value is -2.35. The Balaban J connectivity index is 2.05. The first-order chi connectivity index (χ1) is 11.0. The van der Waals surface area contributed by atoms with Crippen LogP contribution in [0.3, 0.4) is 0 Å². The number of amides is 1. The van der Waals surface area contributed by atoms with Crippen LogP contribution in [-0.2, 0) is 20.9 Å². The summed E-state index contributed by atoms with van der Waals surface area (Å²) in [5, 5.41) is 8.94. The van der Waals surface area contributed by atoms with E-state index in [1.54, 1.807) is 0 Å². The van der Waals surface area contributed by atoms with Crippen LogP contribution in [0.5, 0.6) is 0 Å². The lowest BCUT2D eigenvalue weighted by Crippen LogP contribution is -2.31. The van der Waals surface area contributed by atoms with E-state index in [2.05, 4.69) is 10.2 Å². The van der Waals surface area contributed by atoms with E-state index in [9.17, 15) is 9.59 Å². The van der Waals surface area contributed by atoms with Gasteiger partial charge in [-0.1, -0.05) is 42.1 Å². The monoisotopic (exact) mass is 334 g/mol. The number of rotatable bonds is 7. The molecule has 7 nitrogen and oxygen atoms in total. The molecular formula is C15H18N4O3S. The minimum atomic E-state index is -0.938. The van der Waals surface area contributed by atoms with Gasteiger partial charge in [0.05, 0.1) is 5.75 Å². The minimum Gasteiger partial charge on any atom is -0.452 e. The molecule has 0 spiro atoms. The summed E-state index contributed by atoms with van der Waals surface area (Å²) in [5.41, 5.74) is 6.01. The number of thioether (sulfide) groups is 1. The van der Waals surface area contributed by atoms with Crippen molar-refractivity contribution >= 4 is 23.6 Å². The number of primary amides is 1. The topological polar surface area (TPSA) is 100 Å². The highest BCUT2D eigenvalue weighted by Gasteiger charge is 2.17. The van der Waals surface area contributed by atoms with Crippen molar-refractivity contribution in [2.45, 2.75) is 31.7 Å².